The molecule has 1 heterocycles. The van der Waals surface area contributed by atoms with Crippen LogP contribution >= 0.6 is 12.4 Å². The number of carbonyl (C=O) groups is 1. The first-order valence-corrected chi connectivity index (χ1v) is 6.61. The zero-order valence-electron chi connectivity index (χ0n) is 10.9. The summed E-state index contributed by atoms with van der Waals surface area (Å²) in [6.07, 6.45) is 6.89. The standard InChI is InChI=1S/C13H24N2O.ClH/c1-13(2)7-5-10(6-8-13)15-12(16)11-4-3-9-14-11;/h10-11,14H,3-9H2,1-2H3,(H,15,16);1H/t11-;/m0./s1. The molecule has 2 aliphatic rings. The van der Waals surface area contributed by atoms with E-state index in [0.29, 0.717) is 11.5 Å². The van der Waals surface area contributed by atoms with E-state index in [1.54, 1.807) is 0 Å². The van der Waals surface area contributed by atoms with Crippen molar-refractivity contribution >= 4 is 18.3 Å². The number of rotatable bonds is 2. The Bertz CT molecular complexity index is 252. The Balaban J connectivity index is 0.00000144. The predicted molar refractivity (Wildman–Crippen MR) is 72.5 cm³/mol. The lowest BCUT2D eigenvalue weighted by Gasteiger charge is -2.35. The zero-order chi connectivity index (χ0) is 11.6. The van der Waals surface area contributed by atoms with Gasteiger partial charge in [0, 0.05) is 6.04 Å². The van der Waals surface area contributed by atoms with E-state index in [-0.39, 0.29) is 24.4 Å². The van der Waals surface area contributed by atoms with E-state index in [4.69, 9.17) is 0 Å². The Morgan fingerprint density at radius 3 is 2.41 bits per heavy atom. The van der Waals surface area contributed by atoms with Crippen LogP contribution < -0.4 is 10.6 Å². The van der Waals surface area contributed by atoms with Crippen molar-refractivity contribution in [2.75, 3.05) is 6.54 Å². The van der Waals surface area contributed by atoms with Crippen LogP contribution in [0, 0.1) is 5.41 Å². The number of hydrogen-bond acceptors (Lipinski definition) is 2. The van der Waals surface area contributed by atoms with Crippen LogP contribution in [0.2, 0.25) is 0 Å². The molecule has 3 nitrogen and oxygen atoms in total. The SMILES string of the molecule is CC1(C)CCC(NC(=O)[C@@H]2CCCN2)CC1.Cl. The van der Waals surface area contributed by atoms with Gasteiger partial charge in [-0.3, -0.25) is 4.79 Å². The summed E-state index contributed by atoms with van der Waals surface area (Å²) in [5.41, 5.74) is 0.479. The molecule has 0 radical (unpaired) electrons. The molecule has 1 amide bonds. The van der Waals surface area contributed by atoms with E-state index in [0.717, 1.165) is 32.2 Å². The molecule has 2 rings (SSSR count). The van der Waals surface area contributed by atoms with Crippen LogP contribution in [0.1, 0.15) is 52.4 Å². The van der Waals surface area contributed by atoms with E-state index < -0.39 is 0 Å². The Morgan fingerprint density at radius 1 is 1.24 bits per heavy atom. The van der Waals surface area contributed by atoms with Gasteiger partial charge in [-0.2, -0.15) is 0 Å². The largest absolute Gasteiger partial charge is 0.352 e. The Morgan fingerprint density at radius 2 is 1.88 bits per heavy atom. The smallest absolute Gasteiger partial charge is 0.237 e. The second-order valence-corrected chi connectivity index (χ2v) is 6.10. The third-order valence-electron chi connectivity index (χ3n) is 4.06. The van der Waals surface area contributed by atoms with Gasteiger partial charge in [-0.15, -0.1) is 12.4 Å². The molecule has 4 heteroatoms. The first kappa shape index (κ1) is 14.8. The molecular formula is C13H25ClN2O. The van der Waals surface area contributed by atoms with Crippen LogP contribution in [0.3, 0.4) is 0 Å². The number of amides is 1. The van der Waals surface area contributed by atoms with Crippen molar-refractivity contribution in [2.24, 2.45) is 5.41 Å². The highest BCUT2D eigenvalue weighted by molar-refractivity contribution is 5.85. The minimum atomic E-state index is 0. The van der Waals surface area contributed by atoms with Crippen LogP contribution in [0.25, 0.3) is 0 Å². The maximum atomic E-state index is 11.9. The van der Waals surface area contributed by atoms with Gasteiger partial charge >= 0.3 is 0 Å². The summed E-state index contributed by atoms with van der Waals surface area (Å²) in [7, 11) is 0. The molecule has 1 saturated carbocycles. The van der Waals surface area contributed by atoms with E-state index in [1.165, 1.54) is 12.8 Å². The average molecular weight is 261 g/mol. The van der Waals surface area contributed by atoms with Crippen molar-refractivity contribution in [3.8, 4) is 0 Å². The molecule has 2 N–H and O–H groups in total. The molecule has 100 valence electrons. The molecule has 0 aromatic rings. The molecule has 2 fully saturated rings. The summed E-state index contributed by atoms with van der Waals surface area (Å²) in [4.78, 5) is 11.9. The average Bonchev–Trinajstić information content (AvgIpc) is 2.74. The van der Waals surface area contributed by atoms with Crippen molar-refractivity contribution in [3.05, 3.63) is 0 Å². The van der Waals surface area contributed by atoms with Gasteiger partial charge in [0.15, 0.2) is 0 Å². The van der Waals surface area contributed by atoms with Gasteiger partial charge in [-0.05, 0) is 50.5 Å². The van der Waals surface area contributed by atoms with Crippen LogP contribution in [0.15, 0.2) is 0 Å². The first-order chi connectivity index (χ1) is 7.57. The first-order valence-electron chi connectivity index (χ1n) is 6.61. The Labute approximate surface area is 111 Å². The maximum Gasteiger partial charge on any atom is 0.237 e. The van der Waals surface area contributed by atoms with Crippen molar-refractivity contribution in [1.82, 2.24) is 10.6 Å². The number of carbonyl (C=O) groups excluding carboxylic acids is 1. The molecule has 1 aliphatic heterocycles. The van der Waals surface area contributed by atoms with Crippen molar-refractivity contribution < 1.29 is 4.79 Å². The number of halogens is 1. The molecule has 1 saturated heterocycles. The van der Waals surface area contributed by atoms with E-state index >= 15 is 0 Å². The van der Waals surface area contributed by atoms with Gasteiger partial charge in [-0.25, -0.2) is 0 Å². The highest BCUT2D eigenvalue weighted by atomic mass is 35.5. The molecule has 17 heavy (non-hydrogen) atoms. The molecule has 0 aromatic carbocycles. The van der Waals surface area contributed by atoms with E-state index in [1.807, 2.05) is 0 Å². The van der Waals surface area contributed by atoms with Gasteiger partial charge in [0.05, 0.1) is 6.04 Å². The fourth-order valence-electron chi connectivity index (χ4n) is 2.75. The van der Waals surface area contributed by atoms with Crippen LogP contribution in [-0.4, -0.2) is 24.5 Å². The lowest BCUT2D eigenvalue weighted by Crippen LogP contribution is -2.46. The maximum absolute atomic E-state index is 11.9. The van der Waals surface area contributed by atoms with E-state index in [2.05, 4.69) is 24.5 Å². The third-order valence-corrected chi connectivity index (χ3v) is 4.06. The Kier molecular flexibility index (Phi) is 5.26. The summed E-state index contributed by atoms with van der Waals surface area (Å²) < 4.78 is 0. The lowest BCUT2D eigenvalue weighted by molar-refractivity contribution is -0.123. The van der Waals surface area contributed by atoms with Gasteiger partial charge in [0.2, 0.25) is 5.91 Å². The molecule has 1 aliphatic carbocycles. The normalized spacial score (nSPS) is 28.5. The summed E-state index contributed by atoms with van der Waals surface area (Å²) in [6.45, 7) is 5.64. The summed E-state index contributed by atoms with van der Waals surface area (Å²) >= 11 is 0. The molecule has 0 aromatic heterocycles. The monoisotopic (exact) mass is 260 g/mol. The van der Waals surface area contributed by atoms with Crippen LogP contribution in [0.4, 0.5) is 0 Å². The van der Waals surface area contributed by atoms with Crippen molar-refractivity contribution in [2.45, 2.75) is 64.5 Å². The second-order valence-electron chi connectivity index (χ2n) is 6.10. The second kappa shape index (κ2) is 6.05. The minimum absolute atomic E-state index is 0. The van der Waals surface area contributed by atoms with Gasteiger partial charge < -0.3 is 10.6 Å². The van der Waals surface area contributed by atoms with Gasteiger partial charge in [-0.1, -0.05) is 13.8 Å². The topological polar surface area (TPSA) is 41.1 Å². The van der Waals surface area contributed by atoms with Crippen molar-refractivity contribution in [3.63, 3.8) is 0 Å². The van der Waals surface area contributed by atoms with Crippen LogP contribution in [-0.2, 0) is 4.79 Å². The van der Waals surface area contributed by atoms with Gasteiger partial charge in [0.1, 0.15) is 0 Å². The minimum Gasteiger partial charge on any atom is -0.352 e. The highest BCUT2D eigenvalue weighted by Crippen LogP contribution is 2.35. The fourth-order valence-corrected chi connectivity index (χ4v) is 2.75. The van der Waals surface area contributed by atoms with Crippen molar-refractivity contribution in [1.29, 1.82) is 0 Å². The predicted octanol–water partition coefficient (Wildman–Crippen LogP) is 2.25. The lowest BCUT2D eigenvalue weighted by atomic mass is 9.75. The Hall–Kier alpha value is -0.280. The highest BCUT2D eigenvalue weighted by Gasteiger charge is 2.29. The van der Waals surface area contributed by atoms with Gasteiger partial charge in [0.25, 0.3) is 0 Å². The summed E-state index contributed by atoms with van der Waals surface area (Å²) in [5, 5.41) is 6.45. The molecule has 0 unspecified atom stereocenters. The molecular weight excluding hydrogens is 236 g/mol. The third kappa shape index (κ3) is 4.14. The zero-order valence-corrected chi connectivity index (χ0v) is 11.7. The molecule has 1 atom stereocenters. The number of hydrogen-bond donors (Lipinski definition) is 2. The quantitative estimate of drug-likeness (QED) is 0.800. The number of nitrogens with one attached hydrogen (secondary N) is 2. The summed E-state index contributed by atoms with van der Waals surface area (Å²) in [6, 6.07) is 0.498. The molecule has 0 spiro atoms. The van der Waals surface area contributed by atoms with E-state index in [9.17, 15) is 4.79 Å². The fraction of sp³-hybridized carbons (Fsp3) is 0.923. The molecule has 0 bridgehead atoms. The van der Waals surface area contributed by atoms with Crippen LogP contribution in [0.5, 0.6) is 0 Å². The summed E-state index contributed by atoms with van der Waals surface area (Å²) in [5.74, 6) is 0.224.